The van der Waals surface area contributed by atoms with Gasteiger partial charge < -0.3 is 0 Å². The summed E-state index contributed by atoms with van der Waals surface area (Å²) >= 11 is 0. The molecule has 1 aliphatic rings. The zero-order chi connectivity index (χ0) is 8.69. The van der Waals surface area contributed by atoms with Crippen molar-refractivity contribution in [2.24, 2.45) is 0 Å². The fourth-order valence-corrected chi connectivity index (χ4v) is 0.440. The minimum absolute atomic E-state index is 0.121. The number of allylic oxidation sites excluding steroid dienone is 4. The Balaban J connectivity index is 0.000000292. The molecule has 0 spiro atoms. The van der Waals surface area contributed by atoms with Gasteiger partial charge in [0.15, 0.2) is 11.6 Å². The smallest absolute Gasteiger partial charge is 0.178 e. The van der Waals surface area contributed by atoms with Crippen LogP contribution in [0.4, 0.5) is 0 Å². The lowest BCUT2D eigenvalue weighted by atomic mass is 10.2. The second-order valence-electron chi connectivity index (χ2n) is 1.55. The molecule has 1 aliphatic carbocycles. The van der Waals surface area contributed by atoms with E-state index in [9.17, 15) is 9.59 Å². The predicted molar refractivity (Wildman–Crippen MR) is 36.0 cm³/mol. The Kier molecular flexibility index (Phi) is 4.22. The van der Waals surface area contributed by atoms with Crippen LogP contribution in [0.3, 0.4) is 0 Å². The highest BCUT2D eigenvalue weighted by molar-refractivity contribution is 6.14. The van der Waals surface area contributed by atoms with Crippen molar-refractivity contribution in [3.8, 4) is 0 Å². The van der Waals surface area contributed by atoms with Gasteiger partial charge >= 0.3 is 0 Å². The number of nitrogens with one attached hydrogen (secondary N) is 1. The molecule has 5 heteroatoms. The van der Waals surface area contributed by atoms with E-state index in [4.69, 9.17) is 10.1 Å². The summed E-state index contributed by atoms with van der Waals surface area (Å²) in [6.07, 6.45) is 5.01. The number of rotatable bonds is 0. The summed E-state index contributed by atoms with van der Waals surface area (Å²) in [5.74, 6) is -0.241. The van der Waals surface area contributed by atoms with Gasteiger partial charge in [0.2, 0.25) is 0 Å². The van der Waals surface area contributed by atoms with Crippen molar-refractivity contribution in [3.63, 3.8) is 0 Å². The fraction of sp³-hybridized carbons (Fsp3) is 0. The van der Waals surface area contributed by atoms with E-state index < -0.39 is 0 Å². The molecule has 0 saturated carbocycles. The van der Waals surface area contributed by atoms with Crippen LogP contribution in [0.15, 0.2) is 24.3 Å². The number of ketones is 2. The molecule has 0 aromatic carbocycles. The molecule has 1 rings (SSSR count). The third kappa shape index (κ3) is 4.71. The topological polar surface area (TPSA) is 88.2 Å². The molecule has 0 radical (unpaired) electrons. The lowest BCUT2D eigenvalue weighted by Gasteiger charge is -1.87. The van der Waals surface area contributed by atoms with E-state index in [1.807, 2.05) is 0 Å². The predicted octanol–water partition coefficient (Wildman–Crippen LogP) is -1.42. The maximum absolute atomic E-state index is 10.3. The van der Waals surface area contributed by atoms with Crippen LogP contribution in [0.2, 0.25) is 0 Å². The third-order valence-corrected chi connectivity index (χ3v) is 0.824. The van der Waals surface area contributed by atoms with E-state index in [0.29, 0.717) is 0 Å². The molecule has 0 saturated heterocycles. The van der Waals surface area contributed by atoms with Gasteiger partial charge in [0.25, 0.3) is 0 Å². The minimum Gasteiger partial charge on any atom is -0.290 e. The summed E-state index contributed by atoms with van der Waals surface area (Å²) in [6, 6.07) is 0. The van der Waals surface area contributed by atoms with Crippen LogP contribution in [0, 0.1) is 10.1 Å². The van der Waals surface area contributed by atoms with E-state index in [1.165, 1.54) is 24.3 Å². The summed E-state index contributed by atoms with van der Waals surface area (Å²) in [5.41, 5.74) is 0. The number of carbonyl (C=O) groups excluding carboxylic acids is 2. The summed E-state index contributed by atoms with van der Waals surface area (Å²) < 4.78 is 0. The molecule has 0 unspecified atom stereocenters. The SMILES string of the molecule is O=C1C=CC(=O)C=C1.O=[NH+][O-]. The van der Waals surface area contributed by atoms with Gasteiger partial charge in [-0.15, -0.1) is 0 Å². The molecule has 0 fully saturated rings. The highest BCUT2D eigenvalue weighted by atomic mass is 16.6. The highest BCUT2D eigenvalue weighted by Gasteiger charge is 1.97. The quantitative estimate of drug-likeness (QED) is 0.264. The van der Waals surface area contributed by atoms with Gasteiger partial charge in [-0.3, -0.25) is 19.7 Å². The summed E-state index contributed by atoms with van der Waals surface area (Å²) in [4.78, 5) is 28.7. The molecule has 1 N–H and O–H groups in total. The summed E-state index contributed by atoms with van der Waals surface area (Å²) in [7, 11) is 0. The molecule has 0 aromatic heterocycles. The first-order chi connectivity index (χ1) is 5.20. The minimum atomic E-state index is -0.121. The molecular weight excluding hydrogens is 150 g/mol. The van der Waals surface area contributed by atoms with Gasteiger partial charge in [-0.2, -0.15) is 0 Å². The number of carbonyl (C=O) groups is 2. The molecule has 0 bridgehead atoms. The first-order valence-electron chi connectivity index (χ1n) is 2.64. The number of hydrogen-bond acceptors (Lipinski definition) is 4. The van der Waals surface area contributed by atoms with Crippen LogP contribution in [0.5, 0.6) is 0 Å². The Labute approximate surface area is 62.0 Å². The van der Waals surface area contributed by atoms with E-state index >= 15 is 0 Å². The van der Waals surface area contributed by atoms with E-state index in [0.717, 1.165) is 0 Å². The number of hydrogen-bond donors (Lipinski definition) is 1. The van der Waals surface area contributed by atoms with Crippen molar-refractivity contribution in [1.29, 1.82) is 0 Å². The summed E-state index contributed by atoms with van der Waals surface area (Å²) in [5, 5.41) is 8.38. The van der Waals surface area contributed by atoms with Crippen molar-refractivity contribution < 1.29 is 14.9 Å². The zero-order valence-electron chi connectivity index (χ0n) is 5.44. The maximum Gasteiger partial charge on any atom is 0.178 e. The Hall–Kier alpha value is -1.78. The van der Waals surface area contributed by atoms with Gasteiger partial charge in [0.05, 0.1) is 0 Å². The molecule has 11 heavy (non-hydrogen) atoms. The molecule has 0 aromatic rings. The van der Waals surface area contributed by atoms with Gasteiger partial charge in [-0.25, -0.2) is 0 Å². The lowest BCUT2D eigenvalue weighted by Crippen LogP contribution is -2.53. The molecular formula is C6H5NO4. The van der Waals surface area contributed by atoms with Crippen LogP contribution in [-0.4, -0.2) is 11.6 Å². The fourth-order valence-electron chi connectivity index (χ4n) is 0.440. The largest absolute Gasteiger partial charge is 0.290 e. The Morgan fingerprint density at radius 3 is 1.36 bits per heavy atom. The standard InChI is InChI=1S/C6H4O2.HNO2/c7-5-1-2-6(8)4-3-5;2-1-3/h1-4H;1H. The van der Waals surface area contributed by atoms with E-state index in [-0.39, 0.29) is 16.9 Å². The molecule has 0 atom stereocenters. The maximum atomic E-state index is 10.3. The second-order valence-corrected chi connectivity index (χ2v) is 1.55. The van der Waals surface area contributed by atoms with Crippen molar-refractivity contribution >= 4 is 11.6 Å². The first-order valence-corrected chi connectivity index (χ1v) is 2.64. The van der Waals surface area contributed by atoms with Crippen molar-refractivity contribution in [2.75, 3.05) is 0 Å². The lowest BCUT2D eigenvalue weighted by molar-refractivity contribution is -0.398. The van der Waals surface area contributed by atoms with E-state index in [1.54, 1.807) is 0 Å². The summed E-state index contributed by atoms with van der Waals surface area (Å²) in [6.45, 7) is 0. The second kappa shape index (κ2) is 5.04. The highest BCUT2D eigenvalue weighted by Crippen LogP contribution is 1.90. The van der Waals surface area contributed by atoms with Crippen molar-refractivity contribution in [2.45, 2.75) is 0 Å². The van der Waals surface area contributed by atoms with Crippen LogP contribution < -0.4 is 5.34 Å². The van der Waals surface area contributed by atoms with Gasteiger partial charge in [-0.1, -0.05) is 0 Å². The normalized spacial score (nSPS) is 13.8. The third-order valence-electron chi connectivity index (χ3n) is 0.824. The monoisotopic (exact) mass is 155 g/mol. The van der Waals surface area contributed by atoms with Crippen LogP contribution in [0.1, 0.15) is 0 Å². The van der Waals surface area contributed by atoms with Crippen LogP contribution >= 0.6 is 0 Å². The average Bonchev–Trinajstić information content (AvgIpc) is 1.97. The van der Waals surface area contributed by atoms with Crippen molar-refractivity contribution in [1.82, 2.24) is 0 Å². The molecule has 0 heterocycles. The van der Waals surface area contributed by atoms with Crippen LogP contribution in [-0.2, 0) is 9.59 Å². The van der Waals surface area contributed by atoms with Crippen LogP contribution in [0.25, 0.3) is 0 Å². The molecule has 0 amide bonds. The van der Waals surface area contributed by atoms with Crippen molar-refractivity contribution in [3.05, 3.63) is 34.4 Å². The zero-order valence-corrected chi connectivity index (χ0v) is 5.44. The van der Waals surface area contributed by atoms with E-state index in [2.05, 4.69) is 0 Å². The molecule has 58 valence electrons. The average molecular weight is 155 g/mol. The first kappa shape index (κ1) is 9.22. The molecule has 5 nitrogen and oxygen atoms in total. The Morgan fingerprint density at radius 1 is 1.00 bits per heavy atom. The molecule has 0 aliphatic heterocycles. The van der Waals surface area contributed by atoms with Gasteiger partial charge in [0, 0.05) is 5.34 Å². The van der Waals surface area contributed by atoms with Gasteiger partial charge in [0.1, 0.15) is 0 Å². The van der Waals surface area contributed by atoms with Gasteiger partial charge in [-0.05, 0) is 24.3 Å². The Bertz CT molecular complexity index is 191. The Morgan fingerprint density at radius 2 is 1.18 bits per heavy atom.